The quantitative estimate of drug-likeness (QED) is 0.629. The largest absolute Gasteiger partial charge is 0.484 e. The molecule has 5 rings (SSSR count). The number of likely N-dealkylation sites (tertiary alicyclic amines) is 1. The maximum absolute atomic E-state index is 12.3. The summed E-state index contributed by atoms with van der Waals surface area (Å²) in [6.45, 7) is 4.93. The minimum atomic E-state index is -0.0916. The second-order valence-electron chi connectivity index (χ2n) is 9.33. The van der Waals surface area contributed by atoms with Crippen molar-refractivity contribution in [1.29, 1.82) is 0 Å². The molecule has 1 aromatic carbocycles. The lowest BCUT2D eigenvalue weighted by atomic mass is 9.82. The Kier molecular flexibility index (Phi) is 5.63. The van der Waals surface area contributed by atoms with Crippen molar-refractivity contribution in [2.75, 3.05) is 40.3 Å². The van der Waals surface area contributed by atoms with Gasteiger partial charge in [0.15, 0.2) is 6.61 Å². The molecule has 1 spiro atoms. The van der Waals surface area contributed by atoms with Gasteiger partial charge in [0.05, 0.1) is 11.2 Å². The summed E-state index contributed by atoms with van der Waals surface area (Å²) in [5.74, 6) is 0.537. The van der Waals surface area contributed by atoms with E-state index < -0.39 is 0 Å². The number of hydrogen-bond acceptors (Lipinski definition) is 5. The van der Waals surface area contributed by atoms with E-state index in [9.17, 15) is 9.59 Å². The van der Waals surface area contributed by atoms with Crippen LogP contribution < -0.4 is 10.1 Å². The monoisotopic (exact) mass is 462 g/mol. The molecule has 4 heterocycles. The van der Waals surface area contributed by atoms with Crippen molar-refractivity contribution in [2.45, 2.75) is 31.7 Å². The third-order valence-electron chi connectivity index (χ3n) is 6.90. The maximum Gasteiger partial charge on any atom is 0.317 e. The average Bonchev–Trinajstić information content (AvgIpc) is 3.54. The summed E-state index contributed by atoms with van der Waals surface area (Å²) in [6, 6.07) is 9.86. The number of ether oxygens (including phenoxy) is 1. The fraction of sp³-hybridized carbons (Fsp3) is 0.440. The Morgan fingerprint density at radius 1 is 1.18 bits per heavy atom. The standard InChI is InChI=1S/C25H30N6O3/c1-4-26-24(33)30-9-7-25(16-30)8-10-31-22(25)13-21(28-31)18-11-17-12-19(5-6-20(17)27-14-18)34-15-23(32)29(2)3/h5-6,11-14H,4,7-10,15-16H2,1-3H3,(H,26,33). The first-order chi connectivity index (χ1) is 16.4. The number of fused-ring (bicyclic) bond motifs is 3. The van der Waals surface area contributed by atoms with Gasteiger partial charge >= 0.3 is 6.03 Å². The SMILES string of the molecule is CCNC(=O)N1CCC2(CCn3nc(-c4cnc5ccc(OCC(=O)N(C)C)cc5c4)cc32)C1. The highest BCUT2D eigenvalue weighted by Crippen LogP contribution is 2.43. The van der Waals surface area contributed by atoms with E-state index in [2.05, 4.69) is 27.1 Å². The molecule has 2 aliphatic rings. The van der Waals surface area contributed by atoms with Crippen molar-refractivity contribution >= 4 is 22.8 Å². The number of aromatic nitrogens is 3. The molecule has 0 saturated carbocycles. The molecule has 0 bridgehead atoms. The molecule has 1 unspecified atom stereocenters. The Balaban J connectivity index is 1.38. The van der Waals surface area contributed by atoms with E-state index >= 15 is 0 Å². The summed E-state index contributed by atoms with van der Waals surface area (Å²) >= 11 is 0. The minimum absolute atomic E-state index is 0.00519. The Morgan fingerprint density at radius 3 is 2.79 bits per heavy atom. The fourth-order valence-corrected chi connectivity index (χ4v) is 4.94. The predicted molar refractivity (Wildman–Crippen MR) is 129 cm³/mol. The lowest BCUT2D eigenvalue weighted by molar-refractivity contribution is -0.130. The van der Waals surface area contributed by atoms with Gasteiger partial charge in [-0.1, -0.05) is 0 Å². The van der Waals surface area contributed by atoms with Gasteiger partial charge in [0.2, 0.25) is 0 Å². The normalized spacial score (nSPS) is 19.0. The fourth-order valence-electron chi connectivity index (χ4n) is 4.94. The molecule has 1 saturated heterocycles. The van der Waals surface area contributed by atoms with E-state index in [4.69, 9.17) is 9.84 Å². The summed E-state index contributed by atoms with van der Waals surface area (Å²) in [5.41, 5.74) is 3.85. The van der Waals surface area contributed by atoms with Crippen molar-refractivity contribution in [3.63, 3.8) is 0 Å². The van der Waals surface area contributed by atoms with E-state index in [0.29, 0.717) is 12.3 Å². The Morgan fingerprint density at radius 2 is 2.00 bits per heavy atom. The molecule has 2 aromatic heterocycles. The van der Waals surface area contributed by atoms with Gasteiger partial charge < -0.3 is 19.9 Å². The van der Waals surface area contributed by atoms with Crippen LogP contribution in [0.5, 0.6) is 5.75 Å². The van der Waals surface area contributed by atoms with Gasteiger partial charge in [0, 0.05) is 68.5 Å². The maximum atomic E-state index is 12.3. The molecule has 2 aliphatic heterocycles. The molecule has 1 N–H and O–H groups in total. The van der Waals surface area contributed by atoms with E-state index in [-0.39, 0.29) is 24.0 Å². The van der Waals surface area contributed by atoms with Crippen LogP contribution in [0, 0.1) is 0 Å². The van der Waals surface area contributed by atoms with Crippen LogP contribution in [-0.4, -0.2) is 76.8 Å². The molecule has 3 aromatic rings. The number of hydrogen-bond donors (Lipinski definition) is 1. The predicted octanol–water partition coefficient (Wildman–Crippen LogP) is 2.64. The molecular formula is C25H30N6O3. The number of rotatable bonds is 5. The van der Waals surface area contributed by atoms with Crippen LogP contribution in [0.15, 0.2) is 36.5 Å². The number of nitrogens with zero attached hydrogens (tertiary/aromatic N) is 5. The minimum Gasteiger partial charge on any atom is -0.484 e. The number of urea groups is 1. The molecule has 1 atom stereocenters. The van der Waals surface area contributed by atoms with Crippen molar-refractivity contribution in [1.82, 2.24) is 29.9 Å². The van der Waals surface area contributed by atoms with Crippen molar-refractivity contribution in [3.05, 3.63) is 42.2 Å². The third kappa shape index (κ3) is 3.95. The van der Waals surface area contributed by atoms with Crippen LogP contribution in [-0.2, 0) is 16.8 Å². The number of nitrogens with one attached hydrogen (secondary N) is 1. The van der Waals surface area contributed by atoms with Crippen LogP contribution in [0.2, 0.25) is 0 Å². The second kappa shape index (κ2) is 8.62. The third-order valence-corrected chi connectivity index (χ3v) is 6.90. The highest BCUT2D eigenvalue weighted by Gasteiger charge is 2.46. The van der Waals surface area contributed by atoms with Crippen LogP contribution >= 0.6 is 0 Å². The summed E-state index contributed by atoms with van der Waals surface area (Å²) in [5, 5.41) is 8.72. The highest BCUT2D eigenvalue weighted by atomic mass is 16.5. The molecule has 0 radical (unpaired) electrons. The van der Waals surface area contributed by atoms with E-state index in [0.717, 1.165) is 54.6 Å². The lowest BCUT2D eigenvalue weighted by Crippen LogP contribution is -2.40. The second-order valence-corrected chi connectivity index (χ2v) is 9.33. The smallest absolute Gasteiger partial charge is 0.317 e. The summed E-state index contributed by atoms with van der Waals surface area (Å²) in [6.07, 6.45) is 3.81. The number of carbonyl (C=O) groups is 2. The number of amides is 3. The van der Waals surface area contributed by atoms with Crippen LogP contribution in [0.1, 0.15) is 25.5 Å². The van der Waals surface area contributed by atoms with Crippen LogP contribution in [0.25, 0.3) is 22.2 Å². The van der Waals surface area contributed by atoms with Gasteiger partial charge in [-0.05, 0) is 50.1 Å². The molecule has 9 nitrogen and oxygen atoms in total. The van der Waals surface area contributed by atoms with Crippen molar-refractivity contribution in [2.24, 2.45) is 0 Å². The molecule has 1 fully saturated rings. The van der Waals surface area contributed by atoms with Crippen LogP contribution in [0.3, 0.4) is 0 Å². The highest BCUT2D eigenvalue weighted by molar-refractivity contribution is 5.84. The van der Waals surface area contributed by atoms with E-state index in [1.165, 1.54) is 10.6 Å². The van der Waals surface area contributed by atoms with Gasteiger partial charge in [-0.15, -0.1) is 0 Å². The van der Waals surface area contributed by atoms with E-state index in [1.807, 2.05) is 36.2 Å². The van der Waals surface area contributed by atoms with Crippen molar-refractivity contribution < 1.29 is 14.3 Å². The number of likely N-dealkylation sites (N-methyl/N-ethyl adjacent to an activating group) is 1. The molecule has 0 aliphatic carbocycles. The zero-order chi connectivity index (χ0) is 23.9. The molecule has 34 heavy (non-hydrogen) atoms. The summed E-state index contributed by atoms with van der Waals surface area (Å²) in [4.78, 5) is 32.2. The number of carbonyl (C=O) groups excluding carboxylic acids is 2. The first-order valence-electron chi connectivity index (χ1n) is 11.7. The number of aryl methyl sites for hydroxylation is 1. The zero-order valence-corrected chi connectivity index (χ0v) is 19.9. The summed E-state index contributed by atoms with van der Waals surface area (Å²) < 4.78 is 7.76. The molecular weight excluding hydrogens is 432 g/mol. The Hall–Kier alpha value is -3.62. The number of benzene rings is 1. The van der Waals surface area contributed by atoms with Gasteiger partial charge in [0.25, 0.3) is 5.91 Å². The summed E-state index contributed by atoms with van der Waals surface area (Å²) in [7, 11) is 3.41. The first kappa shape index (κ1) is 22.2. The lowest BCUT2D eigenvalue weighted by Gasteiger charge is -2.23. The van der Waals surface area contributed by atoms with E-state index in [1.54, 1.807) is 14.1 Å². The van der Waals surface area contributed by atoms with Gasteiger partial charge in [0.1, 0.15) is 5.75 Å². The first-order valence-corrected chi connectivity index (χ1v) is 11.7. The van der Waals surface area contributed by atoms with Gasteiger partial charge in [-0.3, -0.25) is 14.5 Å². The van der Waals surface area contributed by atoms with Crippen LogP contribution in [0.4, 0.5) is 4.79 Å². The molecule has 178 valence electrons. The van der Waals surface area contributed by atoms with Gasteiger partial charge in [-0.2, -0.15) is 5.10 Å². The average molecular weight is 463 g/mol. The topological polar surface area (TPSA) is 92.6 Å². The van der Waals surface area contributed by atoms with Gasteiger partial charge in [-0.25, -0.2) is 4.79 Å². The molecule has 3 amide bonds. The zero-order valence-electron chi connectivity index (χ0n) is 19.9. The number of pyridine rings is 1. The Labute approximate surface area is 198 Å². The molecule has 9 heteroatoms. The Bertz CT molecular complexity index is 1250. The van der Waals surface area contributed by atoms with Crippen molar-refractivity contribution in [3.8, 4) is 17.0 Å².